The molecule has 0 fully saturated rings. The number of rotatable bonds is 6. The molecular weight excluding hydrogens is 456 g/mol. The highest BCUT2D eigenvalue weighted by atomic mass is 16.6. The van der Waals surface area contributed by atoms with Gasteiger partial charge in [-0.1, -0.05) is 24.3 Å². The Kier molecular flexibility index (Phi) is 6.15. The van der Waals surface area contributed by atoms with Crippen LogP contribution in [0.4, 0.5) is 22.7 Å². The Balaban J connectivity index is 1.66. The van der Waals surface area contributed by atoms with Gasteiger partial charge in [0.1, 0.15) is 5.75 Å². The maximum absolute atomic E-state index is 12.9. The lowest BCUT2D eigenvalue weighted by molar-refractivity contribution is -0.394. The number of anilines is 2. The number of amides is 2. The van der Waals surface area contributed by atoms with Gasteiger partial charge < -0.3 is 15.0 Å². The van der Waals surface area contributed by atoms with Crippen LogP contribution in [0.3, 0.4) is 0 Å². The Bertz CT molecular complexity index is 1340. The molecule has 4 rings (SSSR count). The number of nitro groups is 2. The third-order valence-corrected chi connectivity index (χ3v) is 5.60. The summed E-state index contributed by atoms with van der Waals surface area (Å²) in [6.07, 6.45) is -0.697. The topological polar surface area (TPSA) is 145 Å². The van der Waals surface area contributed by atoms with Crippen LogP contribution in [0.15, 0.2) is 60.7 Å². The lowest BCUT2D eigenvalue weighted by Crippen LogP contribution is -2.44. The maximum Gasteiger partial charge on any atom is 0.277 e. The van der Waals surface area contributed by atoms with Crippen molar-refractivity contribution in [1.82, 2.24) is 0 Å². The van der Waals surface area contributed by atoms with Gasteiger partial charge >= 0.3 is 0 Å². The second-order valence-electron chi connectivity index (χ2n) is 8.00. The number of nitrogens with one attached hydrogen (secondary N) is 1. The quantitative estimate of drug-likeness (QED) is 0.410. The number of carbonyl (C=O) groups excluding carboxylic acids is 2. The molecule has 1 atom stereocenters. The Morgan fingerprint density at radius 1 is 1.03 bits per heavy atom. The highest BCUT2D eigenvalue weighted by Gasteiger charge is 2.32. The van der Waals surface area contributed by atoms with Gasteiger partial charge in [0.15, 0.2) is 6.10 Å². The second-order valence-corrected chi connectivity index (χ2v) is 8.00. The van der Waals surface area contributed by atoms with Gasteiger partial charge in [0.25, 0.3) is 23.2 Å². The number of carbonyl (C=O) groups is 2. The first-order valence-electron chi connectivity index (χ1n) is 10.6. The molecule has 178 valence electrons. The minimum absolute atomic E-state index is 0.249. The molecule has 11 heteroatoms. The Morgan fingerprint density at radius 2 is 1.69 bits per heavy atom. The average molecular weight is 476 g/mol. The SMILES string of the molecule is Cc1ccccc1CN1C(=O)C(C)Oc2ccc(NC(=O)c3cc([N+](=O)[O-])cc([N+](=O)[O-])c3)cc21. The Morgan fingerprint density at radius 3 is 2.31 bits per heavy atom. The summed E-state index contributed by atoms with van der Waals surface area (Å²) in [5, 5.41) is 24.9. The highest BCUT2D eigenvalue weighted by molar-refractivity contribution is 6.06. The van der Waals surface area contributed by atoms with E-state index in [1.54, 1.807) is 30.0 Å². The van der Waals surface area contributed by atoms with Crippen molar-refractivity contribution in [3.05, 3.63) is 97.6 Å². The van der Waals surface area contributed by atoms with Crippen molar-refractivity contribution < 1.29 is 24.2 Å². The maximum atomic E-state index is 12.9. The molecular formula is C24H20N4O7. The standard InChI is InChI=1S/C24H20N4O7/c1-14-5-3-4-6-16(14)13-26-21-11-18(7-8-22(21)35-15(2)24(26)30)25-23(29)17-9-19(27(31)32)12-20(10-17)28(33)34/h3-12,15H,13H2,1-2H3,(H,25,29). The van der Waals surface area contributed by atoms with Gasteiger partial charge in [-0.05, 0) is 43.2 Å². The molecule has 35 heavy (non-hydrogen) atoms. The van der Waals surface area contributed by atoms with Crippen LogP contribution >= 0.6 is 0 Å². The van der Waals surface area contributed by atoms with Gasteiger partial charge in [-0.15, -0.1) is 0 Å². The van der Waals surface area contributed by atoms with Crippen LogP contribution in [0.5, 0.6) is 5.75 Å². The minimum Gasteiger partial charge on any atom is -0.479 e. The minimum atomic E-state index is -0.809. The highest BCUT2D eigenvalue weighted by Crippen LogP contribution is 2.37. The van der Waals surface area contributed by atoms with Crippen LogP contribution in [-0.2, 0) is 11.3 Å². The van der Waals surface area contributed by atoms with E-state index < -0.39 is 33.2 Å². The fourth-order valence-electron chi connectivity index (χ4n) is 3.75. The lowest BCUT2D eigenvalue weighted by Gasteiger charge is -2.33. The Hall–Kier alpha value is -4.80. The van der Waals surface area contributed by atoms with Crippen molar-refractivity contribution in [3.8, 4) is 5.75 Å². The lowest BCUT2D eigenvalue weighted by atomic mass is 10.1. The normalized spacial score (nSPS) is 14.6. The van der Waals surface area contributed by atoms with Crippen LogP contribution in [0.25, 0.3) is 0 Å². The first-order chi connectivity index (χ1) is 16.6. The molecule has 3 aromatic carbocycles. The molecule has 1 N–H and O–H groups in total. The van der Waals surface area contributed by atoms with Crippen molar-refractivity contribution in [2.75, 3.05) is 10.2 Å². The monoisotopic (exact) mass is 476 g/mol. The van der Waals surface area contributed by atoms with E-state index in [9.17, 15) is 29.8 Å². The summed E-state index contributed by atoms with van der Waals surface area (Å²) in [5.74, 6) is -0.577. The predicted octanol–water partition coefficient (Wildman–Crippen LogP) is 4.38. The van der Waals surface area contributed by atoms with E-state index in [1.165, 1.54) is 0 Å². The molecule has 1 heterocycles. The predicted molar refractivity (Wildman–Crippen MR) is 127 cm³/mol. The molecule has 0 radical (unpaired) electrons. The molecule has 1 unspecified atom stereocenters. The number of nitrogens with zero attached hydrogens (tertiary/aromatic N) is 3. The molecule has 0 saturated carbocycles. The van der Waals surface area contributed by atoms with Crippen LogP contribution < -0.4 is 15.0 Å². The average Bonchev–Trinajstić information content (AvgIpc) is 2.83. The number of non-ortho nitro benzene ring substituents is 2. The van der Waals surface area contributed by atoms with Crippen molar-refractivity contribution in [3.63, 3.8) is 0 Å². The van der Waals surface area contributed by atoms with E-state index >= 15 is 0 Å². The number of hydrogen-bond acceptors (Lipinski definition) is 7. The third kappa shape index (κ3) is 4.78. The van der Waals surface area contributed by atoms with Crippen LogP contribution in [-0.4, -0.2) is 27.8 Å². The summed E-state index contributed by atoms with van der Waals surface area (Å²) in [4.78, 5) is 48.0. The molecule has 1 aliphatic rings. The van der Waals surface area contributed by atoms with Crippen LogP contribution in [0, 0.1) is 27.2 Å². The van der Waals surface area contributed by atoms with Gasteiger partial charge in [-0.2, -0.15) is 0 Å². The van der Waals surface area contributed by atoms with Crippen LogP contribution in [0.1, 0.15) is 28.4 Å². The number of fused-ring (bicyclic) bond motifs is 1. The zero-order chi connectivity index (χ0) is 25.3. The van der Waals surface area contributed by atoms with E-state index in [1.807, 2.05) is 31.2 Å². The first kappa shape index (κ1) is 23.4. The fourth-order valence-corrected chi connectivity index (χ4v) is 3.75. The van der Waals surface area contributed by atoms with Crippen molar-refractivity contribution in [2.45, 2.75) is 26.5 Å². The Labute approximate surface area is 199 Å². The van der Waals surface area contributed by atoms with Crippen molar-refractivity contribution in [1.29, 1.82) is 0 Å². The zero-order valence-corrected chi connectivity index (χ0v) is 18.8. The molecule has 2 amide bonds. The van der Waals surface area contributed by atoms with E-state index in [2.05, 4.69) is 5.32 Å². The number of ether oxygens (including phenoxy) is 1. The summed E-state index contributed by atoms with van der Waals surface area (Å²) < 4.78 is 5.72. The van der Waals surface area contributed by atoms with Gasteiger partial charge in [0.05, 0.1) is 33.7 Å². The molecule has 0 spiro atoms. The molecule has 0 aromatic heterocycles. The van der Waals surface area contributed by atoms with Gasteiger partial charge in [0, 0.05) is 17.8 Å². The summed E-state index contributed by atoms with van der Waals surface area (Å²) in [7, 11) is 0. The summed E-state index contributed by atoms with van der Waals surface area (Å²) in [6, 6.07) is 15.1. The molecule has 1 aliphatic heterocycles. The van der Waals surface area contributed by atoms with E-state index in [0.29, 0.717) is 18.0 Å². The molecule has 0 aliphatic carbocycles. The van der Waals surface area contributed by atoms with Crippen LogP contribution in [0.2, 0.25) is 0 Å². The summed E-state index contributed by atoms with van der Waals surface area (Å²) in [5.41, 5.74) is 1.28. The third-order valence-electron chi connectivity index (χ3n) is 5.60. The van der Waals surface area contributed by atoms with Crippen molar-refractivity contribution in [2.24, 2.45) is 0 Å². The first-order valence-corrected chi connectivity index (χ1v) is 10.6. The summed E-state index contributed by atoms with van der Waals surface area (Å²) in [6.45, 7) is 3.89. The smallest absolute Gasteiger partial charge is 0.277 e. The zero-order valence-electron chi connectivity index (χ0n) is 18.8. The molecule has 11 nitrogen and oxygen atoms in total. The van der Waals surface area contributed by atoms with E-state index in [4.69, 9.17) is 4.74 Å². The number of benzene rings is 3. The van der Waals surface area contributed by atoms with E-state index in [-0.39, 0.29) is 17.2 Å². The number of aryl methyl sites for hydroxylation is 1. The largest absolute Gasteiger partial charge is 0.479 e. The van der Waals surface area contributed by atoms with Crippen molar-refractivity contribution >= 4 is 34.6 Å². The number of nitro benzene ring substituents is 2. The molecule has 0 bridgehead atoms. The van der Waals surface area contributed by atoms with Gasteiger partial charge in [-0.3, -0.25) is 29.8 Å². The molecule has 0 saturated heterocycles. The molecule has 3 aromatic rings. The second kappa shape index (κ2) is 9.21. The fraction of sp³-hybridized carbons (Fsp3) is 0.167. The van der Waals surface area contributed by atoms with Gasteiger partial charge in [0.2, 0.25) is 0 Å². The van der Waals surface area contributed by atoms with Gasteiger partial charge in [-0.25, -0.2) is 0 Å². The summed E-state index contributed by atoms with van der Waals surface area (Å²) >= 11 is 0. The van der Waals surface area contributed by atoms with E-state index in [0.717, 1.165) is 29.3 Å². The number of hydrogen-bond donors (Lipinski definition) is 1.